The molecule has 0 radical (unpaired) electrons. The number of benzene rings is 1. The van der Waals surface area contributed by atoms with E-state index in [0.29, 0.717) is 16.0 Å². The molecule has 0 spiro atoms. The molecule has 1 N–H and O–H groups in total. The van der Waals surface area contributed by atoms with Gasteiger partial charge in [-0.15, -0.1) is 0 Å². The van der Waals surface area contributed by atoms with E-state index in [9.17, 15) is 0 Å². The van der Waals surface area contributed by atoms with E-state index in [2.05, 4.69) is 15.2 Å². The third-order valence-electron chi connectivity index (χ3n) is 4.88. The Labute approximate surface area is 152 Å². The number of rotatable bonds is 3. The Morgan fingerprint density at radius 2 is 2.21 bits per heavy atom. The van der Waals surface area contributed by atoms with E-state index in [1.807, 2.05) is 24.4 Å². The van der Waals surface area contributed by atoms with Gasteiger partial charge in [0.1, 0.15) is 5.82 Å². The molecule has 6 heteroatoms. The first-order valence-electron chi connectivity index (χ1n) is 8.41. The fourth-order valence-corrected chi connectivity index (χ4v) is 3.89. The fourth-order valence-electron chi connectivity index (χ4n) is 3.51. The maximum atomic E-state index is 6.32. The summed E-state index contributed by atoms with van der Waals surface area (Å²) in [5.74, 6) is 1.48. The fraction of sp³-hybridized carbons (Fsp3) is 0.444. The minimum atomic E-state index is 0.471. The van der Waals surface area contributed by atoms with Gasteiger partial charge >= 0.3 is 0 Å². The highest BCUT2D eigenvalue weighted by Crippen LogP contribution is 2.28. The summed E-state index contributed by atoms with van der Waals surface area (Å²) in [6.45, 7) is 4.71. The van der Waals surface area contributed by atoms with Crippen molar-refractivity contribution in [2.24, 2.45) is 0 Å². The average molecular weight is 363 g/mol. The zero-order chi connectivity index (χ0) is 16.5. The third kappa shape index (κ3) is 3.29. The van der Waals surface area contributed by atoms with Crippen molar-refractivity contribution in [1.29, 1.82) is 0 Å². The molecular weight excluding hydrogens is 343 g/mol. The summed E-state index contributed by atoms with van der Waals surface area (Å²) in [5.41, 5.74) is 3.51. The molecule has 1 unspecified atom stereocenters. The number of nitrogens with one attached hydrogen (secondary N) is 1. The molecule has 4 nitrogen and oxygen atoms in total. The molecule has 1 atom stereocenters. The van der Waals surface area contributed by atoms with Crippen LogP contribution in [-0.2, 0) is 19.5 Å². The van der Waals surface area contributed by atoms with Crippen molar-refractivity contribution in [1.82, 2.24) is 20.2 Å². The predicted molar refractivity (Wildman–Crippen MR) is 96.5 cm³/mol. The van der Waals surface area contributed by atoms with Crippen molar-refractivity contribution in [2.45, 2.75) is 31.8 Å². The van der Waals surface area contributed by atoms with Gasteiger partial charge in [-0.3, -0.25) is 4.90 Å². The summed E-state index contributed by atoms with van der Waals surface area (Å²) >= 11 is 12.4. The third-order valence-corrected chi connectivity index (χ3v) is 5.74. The number of halogens is 2. The first-order valence-corrected chi connectivity index (χ1v) is 9.17. The summed E-state index contributed by atoms with van der Waals surface area (Å²) in [5, 5.41) is 4.66. The molecule has 0 aliphatic carbocycles. The van der Waals surface area contributed by atoms with Gasteiger partial charge in [0.2, 0.25) is 0 Å². The Kier molecular flexibility index (Phi) is 4.72. The lowest BCUT2D eigenvalue weighted by Crippen LogP contribution is -2.31. The second-order valence-electron chi connectivity index (χ2n) is 6.56. The minimum Gasteiger partial charge on any atom is -0.316 e. The van der Waals surface area contributed by atoms with Crippen molar-refractivity contribution < 1.29 is 0 Å². The molecular formula is C18H20Cl2N4. The van der Waals surface area contributed by atoms with Crippen LogP contribution in [-0.4, -0.2) is 34.5 Å². The van der Waals surface area contributed by atoms with Crippen LogP contribution < -0.4 is 5.32 Å². The minimum absolute atomic E-state index is 0.471. The molecule has 24 heavy (non-hydrogen) atoms. The molecule has 1 fully saturated rings. The second kappa shape index (κ2) is 6.96. The standard InChI is InChI=1S/C18H20Cl2N4/c19-15-3-1-2-13(17(15)20)10-24-7-5-16-14(11-24)9-22-18(23-16)12-4-6-21-8-12/h1-3,9,12,21H,4-8,10-11H2. The lowest BCUT2D eigenvalue weighted by atomic mass is 10.0. The molecule has 1 saturated heterocycles. The Balaban J connectivity index is 1.48. The van der Waals surface area contributed by atoms with Crippen molar-refractivity contribution in [3.63, 3.8) is 0 Å². The number of hydrogen-bond donors (Lipinski definition) is 1. The summed E-state index contributed by atoms with van der Waals surface area (Å²) < 4.78 is 0. The van der Waals surface area contributed by atoms with E-state index in [1.165, 1.54) is 11.3 Å². The molecule has 2 aliphatic rings. The van der Waals surface area contributed by atoms with Crippen LogP contribution in [0.4, 0.5) is 0 Å². The van der Waals surface area contributed by atoms with Gasteiger partial charge in [-0.2, -0.15) is 0 Å². The number of fused-ring (bicyclic) bond motifs is 1. The Bertz CT molecular complexity index is 744. The van der Waals surface area contributed by atoms with E-state index < -0.39 is 0 Å². The van der Waals surface area contributed by atoms with Crippen LogP contribution in [0.3, 0.4) is 0 Å². The Morgan fingerprint density at radius 1 is 1.29 bits per heavy atom. The molecule has 126 valence electrons. The second-order valence-corrected chi connectivity index (χ2v) is 7.35. The first-order chi connectivity index (χ1) is 11.7. The average Bonchev–Trinajstić information content (AvgIpc) is 3.13. The lowest BCUT2D eigenvalue weighted by molar-refractivity contribution is 0.242. The van der Waals surface area contributed by atoms with Crippen LogP contribution >= 0.6 is 23.2 Å². The maximum absolute atomic E-state index is 6.32. The number of nitrogens with zero attached hydrogens (tertiary/aromatic N) is 3. The largest absolute Gasteiger partial charge is 0.316 e. The van der Waals surface area contributed by atoms with Crippen LogP contribution in [0.5, 0.6) is 0 Å². The highest BCUT2D eigenvalue weighted by atomic mass is 35.5. The van der Waals surface area contributed by atoms with Gasteiger partial charge < -0.3 is 5.32 Å². The van der Waals surface area contributed by atoms with Crippen LogP contribution in [0.2, 0.25) is 10.0 Å². The monoisotopic (exact) mass is 362 g/mol. The SMILES string of the molecule is Clc1cccc(CN2CCc3nc(C4CCNC4)ncc3C2)c1Cl. The van der Waals surface area contributed by atoms with Gasteiger partial charge in [-0.25, -0.2) is 9.97 Å². The molecule has 0 bridgehead atoms. The van der Waals surface area contributed by atoms with Crippen molar-refractivity contribution in [3.8, 4) is 0 Å². The normalized spacial score (nSPS) is 21.0. The Morgan fingerprint density at radius 3 is 3.04 bits per heavy atom. The molecule has 1 aromatic carbocycles. The highest BCUT2D eigenvalue weighted by molar-refractivity contribution is 6.42. The molecule has 0 amide bonds. The molecule has 0 saturated carbocycles. The highest BCUT2D eigenvalue weighted by Gasteiger charge is 2.23. The van der Waals surface area contributed by atoms with Gasteiger partial charge in [0.25, 0.3) is 0 Å². The van der Waals surface area contributed by atoms with E-state index in [4.69, 9.17) is 28.2 Å². The summed E-state index contributed by atoms with van der Waals surface area (Å²) in [6, 6.07) is 5.81. The van der Waals surface area contributed by atoms with Crippen LogP contribution in [0.1, 0.15) is 35.0 Å². The van der Waals surface area contributed by atoms with Gasteiger partial charge in [-0.05, 0) is 24.6 Å². The quantitative estimate of drug-likeness (QED) is 0.907. The summed E-state index contributed by atoms with van der Waals surface area (Å²) in [7, 11) is 0. The van der Waals surface area contributed by atoms with Gasteiger partial charge in [0.05, 0.1) is 10.0 Å². The van der Waals surface area contributed by atoms with Crippen LogP contribution in [0.25, 0.3) is 0 Å². The van der Waals surface area contributed by atoms with Gasteiger partial charge in [-0.1, -0.05) is 35.3 Å². The zero-order valence-corrected chi connectivity index (χ0v) is 14.9. The van der Waals surface area contributed by atoms with E-state index >= 15 is 0 Å². The number of hydrogen-bond acceptors (Lipinski definition) is 4. The molecule has 1 aromatic heterocycles. The van der Waals surface area contributed by atoms with E-state index in [1.54, 1.807) is 0 Å². The first kappa shape index (κ1) is 16.3. The lowest BCUT2D eigenvalue weighted by Gasteiger charge is -2.28. The van der Waals surface area contributed by atoms with Crippen LogP contribution in [0.15, 0.2) is 24.4 Å². The topological polar surface area (TPSA) is 41.1 Å². The summed E-state index contributed by atoms with van der Waals surface area (Å²) in [4.78, 5) is 11.8. The molecule has 4 rings (SSSR count). The zero-order valence-electron chi connectivity index (χ0n) is 13.4. The Hall–Kier alpha value is -1.20. The van der Waals surface area contributed by atoms with E-state index in [0.717, 1.165) is 57.0 Å². The maximum Gasteiger partial charge on any atom is 0.132 e. The van der Waals surface area contributed by atoms with Crippen molar-refractivity contribution in [2.75, 3.05) is 19.6 Å². The predicted octanol–water partition coefficient (Wildman–Crippen LogP) is 3.42. The molecule has 2 aliphatic heterocycles. The smallest absolute Gasteiger partial charge is 0.132 e. The van der Waals surface area contributed by atoms with Crippen molar-refractivity contribution >= 4 is 23.2 Å². The number of aromatic nitrogens is 2. The van der Waals surface area contributed by atoms with Crippen molar-refractivity contribution in [3.05, 3.63) is 57.1 Å². The van der Waals surface area contributed by atoms with E-state index in [-0.39, 0.29) is 0 Å². The van der Waals surface area contributed by atoms with Crippen LogP contribution in [0, 0.1) is 0 Å². The van der Waals surface area contributed by atoms with Gasteiger partial charge in [0.15, 0.2) is 0 Å². The summed E-state index contributed by atoms with van der Waals surface area (Å²) in [6.07, 6.45) is 4.11. The van der Waals surface area contributed by atoms with Gasteiger partial charge in [0, 0.05) is 56.0 Å². The molecule has 3 heterocycles. The molecule has 2 aromatic rings.